The Labute approximate surface area is 130 Å². The van der Waals surface area contributed by atoms with Crippen LogP contribution in [0.4, 0.5) is 0 Å². The van der Waals surface area contributed by atoms with E-state index in [1.165, 1.54) is 17.2 Å². The maximum absolute atomic E-state index is 11.4. The van der Waals surface area contributed by atoms with E-state index in [0.717, 1.165) is 18.2 Å². The van der Waals surface area contributed by atoms with E-state index in [2.05, 4.69) is 32.9 Å². The molecule has 0 saturated carbocycles. The van der Waals surface area contributed by atoms with Crippen molar-refractivity contribution in [3.8, 4) is 5.75 Å². The molecule has 0 atom stereocenters. The number of rotatable bonds is 5. The van der Waals surface area contributed by atoms with Gasteiger partial charge >= 0.3 is 5.63 Å². The van der Waals surface area contributed by atoms with Gasteiger partial charge in [-0.3, -0.25) is 0 Å². The minimum Gasteiger partial charge on any atom is -0.508 e. The molecular formula is C19H22O3. The monoisotopic (exact) mass is 298 g/mol. The standard InChI is InChI=1S/C19H22O3/c1-13(2)5-4-6-14(3)7-10-16-17(20)11-8-15-9-12-18(21)22-19(15)16/h5,7-9,11-12,20H,4,6,10H2,1-3H3/b14-7+. The summed E-state index contributed by atoms with van der Waals surface area (Å²) >= 11 is 0. The van der Waals surface area contributed by atoms with E-state index < -0.39 is 5.63 Å². The van der Waals surface area contributed by atoms with Gasteiger partial charge in [0.15, 0.2) is 0 Å². The molecule has 2 rings (SSSR count). The normalized spacial score (nSPS) is 11.7. The third-order valence-corrected chi connectivity index (χ3v) is 3.61. The van der Waals surface area contributed by atoms with E-state index in [4.69, 9.17) is 4.42 Å². The Morgan fingerprint density at radius 2 is 1.86 bits per heavy atom. The van der Waals surface area contributed by atoms with Crippen molar-refractivity contribution in [3.63, 3.8) is 0 Å². The highest BCUT2D eigenvalue weighted by Gasteiger charge is 2.08. The van der Waals surface area contributed by atoms with Gasteiger partial charge in [0.1, 0.15) is 11.3 Å². The van der Waals surface area contributed by atoms with Crippen LogP contribution in [0.1, 0.15) is 39.2 Å². The maximum atomic E-state index is 11.4. The summed E-state index contributed by atoms with van der Waals surface area (Å²) < 4.78 is 5.26. The minimum absolute atomic E-state index is 0.162. The van der Waals surface area contributed by atoms with Crippen molar-refractivity contribution < 1.29 is 9.52 Å². The van der Waals surface area contributed by atoms with Gasteiger partial charge in [-0.05, 0) is 58.2 Å². The van der Waals surface area contributed by atoms with Crippen molar-refractivity contribution in [1.29, 1.82) is 0 Å². The highest BCUT2D eigenvalue weighted by Crippen LogP contribution is 2.27. The molecule has 0 bridgehead atoms. The number of phenolic OH excluding ortho intramolecular Hbond substituents is 1. The molecule has 116 valence electrons. The first-order chi connectivity index (χ1) is 10.5. The number of phenols is 1. The Morgan fingerprint density at radius 3 is 2.59 bits per heavy atom. The molecule has 1 heterocycles. The first kappa shape index (κ1) is 16.1. The number of benzene rings is 1. The summed E-state index contributed by atoms with van der Waals surface area (Å²) in [5.74, 6) is 0.162. The number of hydrogen-bond acceptors (Lipinski definition) is 3. The van der Waals surface area contributed by atoms with Crippen LogP contribution in [0.5, 0.6) is 5.75 Å². The molecule has 1 N–H and O–H groups in total. The Hall–Kier alpha value is -2.29. The molecule has 0 saturated heterocycles. The summed E-state index contributed by atoms with van der Waals surface area (Å²) in [5.41, 5.74) is 3.31. The lowest BCUT2D eigenvalue weighted by atomic mass is 10.0. The zero-order chi connectivity index (χ0) is 16.1. The zero-order valence-corrected chi connectivity index (χ0v) is 13.3. The van der Waals surface area contributed by atoms with Gasteiger partial charge in [0.2, 0.25) is 0 Å². The fourth-order valence-electron chi connectivity index (χ4n) is 2.34. The van der Waals surface area contributed by atoms with Gasteiger partial charge in [0.05, 0.1) is 0 Å². The Balaban J connectivity index is 2.24. The first-order valence-electron chi connectivity index (χ1n) is 7.51. The third kappa shape index (κ3) is 4.10. The van der Waals surface area contributed by atoms with Crippen LogP contribution in [0, 0.1) is 0 Å². The Morgan fingerprint density at radius 1 is 1.14 bits per heavy atom. The third-order valence-electron chi connectivity index (χ3n) is 3.61. The van der Waals surface area contributed by atoms with Gasteiger partial charge in [-0.15, -0.1) is 0 Å². The quantitative estimate of drug-likeness (QED) is 0.641. The highest BCUT2D eigenvalue weighted by atomic mass is 16.4. The van der Waals surface area contributed by atoms with Crippen molar-refractivity contribution in [2.75, 3.05) is 0 Å². The van der Waals surface area contributed by atoms with Gasteiger partial charge in [0, 0.05) is 17.0 Å². The van der Waals surface area contributed by atoms with Gasteiger partial charge in [-0.2, -0.15) is 0 Å². The fourth-order valence-corrected chi connectivity index (χ4v) is 2.34. The van der Waals surface area contributed by atoms with E-state index in [1.54, 1.807) is 18.2 Å². The largest absolute Gasteiger partial charge is 0.508 e. The van der Waals surface area contributed by atoms with Gasteiger partial charge in [-0.1, -0.05) is 23.3 Å². The molecule has 2 aromatic rings. The molecule has 0 unspecified atom stereocenters. The smallest absolute Gasteiger partial charge is 0.336 e. The van der Waals surface area contributed by atoms with Crippen LogP contribution >= 0.6 is 0 Å². The van der Waals surface area contributed by atoms with Gasteiger partial charge < -0.3 is 9.52 Å². The predicted molar refractivity (Wildman–Crippen MR) is 90.3 cm³/mol. The second-order valence-electron chi connectivity index (χ2n) is 5.81. The summed E-state index contributed by atoms with van der Waals surface area (Å²) in [7, 11) is 0. The first-order valence-corrected chi connectivity index (χ1v) is 7.51. The molecule has 0 spiro atoms. The summed E-state index contributed by atoms with van der Waals surface area (Å²) in [6.45, 7) is 6.27. The summed E-state index contributed by atoms with van der Waals surface area (Å²) in [4.78, 5) is 11.4. The molecule has 0 aliphatic carbocycles. The van der Waals surface area contributed by atoms with Crippen LogP contribution in [0.2, 0.25) is 0 Å². The van der Waals surface area contributed by atoms with E-state index in [9.17, 15) is 9.90 Å². The van der Waals surface area contributed by atoms with E-state index in [1.807, 2.05) is 0 Å². The lowest BCUT2D eigenvalue weighted by molar-refractivity contribution is 0.466. The SMILES string of the molecule is CC(C)=CCC/C(C)=C/Cc1c(O)ccc2ccc(=O)oc12. The molecule has 1 aromatic carbocycles. The van der Waals surface area contributed by atoms with Crippen molar-refractivity contribution in [1.82, 2.24) is 0 Å². The Bertz CT molecular complexity index is 775. The zero-order valence-electron chi connectivity index (χ0n) is 13.3. The molecule has 1 aromatic heterocycles. The topological polar surface area (TPSA) is 50.4 Å². The van der Waals surface area contributed by atoms with Crippen LogP contribution in [-0.4, -0.2) is 5.11 Å². The highest BCUT2D eigenvalue weighted by molar-refractivity contribution is 5.82. The maximum Gasteiger partial charge on any atom is 0.336 e. The second kappa shape index (κ2) is 7.12. The number of aromatic hydroxyl groups is 1. The summed E-state index contributed by atoms with van der Waals surface area (Å²) in [6.07, 6.45) is 6.85. The number of fused-ring (bicyclic) bond motifs is 1. The molecule has 3 nitrogen and oxygen atoms in total. The van der Waals surface area contributed by atoms with Crippen LogP contribution in [0.15, 0.2) is 56.8 Å². The predicted octanol–water partition coefficient (Wildman–Crippen LogP) is 4.73. The van der Waals surface area contributed by atoms with Crippen LogP contribution in [0.25, 0.3) is 11.0 Å². The van der Waals surface area contributed by atoms with Crippen molar-refractivity contribution in [3.05, 3.63) is 63.5 Å². The molecule has 0 aliphatic rings. The molecular weight excluding hydrogens is 276 g/mol. The number of hydrogen-bond donors (Lipinski definition) is 1. The minimum atomic E-state index is -0.399. The number of allylic oxidation sites excluding steroid dienone is 4. The van der Waals surface area contributed by atoms with Crippen molar-refractivity contribution in [2.24, 2.45) is 0 Å². The summed E-state index contributed by atoms with van der Waals surface area (Å²) in [6, 6.07) is 6.51. The lowest BCUT2D eigenvalue weighted by Crippen LogP contribution is -1.97. The van der Waals surface area contributed by atoms with Crippen LogP contribution in [-0.2, 0) is 6.42 Å². The lowest BCUT2D eigenvalue weighted by Gasteiger charge is -2.06. The van der Waals surface area contributed by atoms with Gasteiger partial charge in [0.25, 0.3) is 0 Å². The van der Waals surface area contributed by atoms with Crippen molar-refractivity contribution in [2.45, 2.75) is 40.0 Å². The van der Waals surface area contributed by atoms with E-state index in [0.29, 0.717) is 17.6 Å². The van der Waals surface area contributed by atoms with Crippen LogP contribution < -0.4 is 5.63 Å². The molecule has 3 heteroatoms. The molecule has 22 heavy (non-hydrogen) atoms. The molecule has 0 aliphatic heterocycles. The van der Waals surface area contributed by atoms with Crippen molar-refractivity contribution >= 4 is 11.0 Å². The summed E-state index contributed by atoms with van der Waals surface area (Å²) in [5, 5.41) is 10.9. The Kier molecular flexibility index (Phi) is 5.21. The van der Waals surface area contributed by atoms with Gasteiger partial charge in [-0.25, -0.2) is 4.79 Å². The van der Waals surface area contributed by atoms with E-state index >= 15 is 0 Å². The molecule has 0 fully saturated rings. The average molecular weight is 298 g/mol. The van der Waals surface area contributed by atoms with Crippen LogP contribution in [0.3, 0.4) is 0 Å². The molecule has 0 radical (unpaired) electrons. The average Bonchev–Trinajstić information content (AvgIpc) is 2.45. The fraction of sp³-hybridized carbons (Fsp3) is 0.316. The second-order valence-corrected chi connectivity index (χ2v) is 5.81. The van der Waals surface area contributed by atoms with E-state index in [-0.39, 0.29) is 5.75 Å². The molecule has 0 amide bonds.